The van der Waals surface area contributed by atoms with Crippen LogP contribution >= 0.6 is 0 Å². The maximum Gasteiger partial charge on any atom is 0.414 e. The molecular weight excluding hydrogens is 292 g/mol. The Bertz CT molecular complexity index is 667. The third-order valence-corrected chi connectivity index (χ3v) is 3.06. The highest BCUT2D eigenvalue weighted by atomic mass is 16.6. The van der Waals surface area contributed by atoms with Gasteiger partial charge in [0.05, 0.1) is 17.6 Å². The summed E-state index contributed by atoms with van der Waals surface area (Å²) >= 11 is 0. The number of nitrogens with zero attached hydrogens (tertiary/aromatic N) is 3. The van der Waals surface area contributed by atoms with Gasteiger partial charge >= 0.3 is 6.09 Å². The van der Waals surface area contributed by atoms with Gasteiger partial charge in [-0.05, 0) is 32.9 Å². The molecule has 1 heterocycles. The van der Waals surface area contributed by atoms with Gasteiger partial charge in [0.1, 0.15) is 11.4 Å². The van der Waals surface area contributed by atoms with Crippen molar-refractivity contribution < 1.29 is 9.53 Å². The van der Waals surface area contributed by atoms with Crippen molar-refractivity contribution in [1.82, 2.24) is 19.8 Å². The number of imidazole rings is 1. The van der Waals surface area contributed by atoms with Gasteiger partial charge in [-0.25, -0.2) is 9.78 Å². The van der Waals surface area contributed by atoms with Crippen molar-refractivity contribution >= 4 is 17.1 Å². The lowest BCUT2D eigenvalue weighted by atomic mass is 10.2. The third-order valence-electron chi connectivity index (χ3n) is 3.06. The van der Waals surface area contributed by atoms with Crippen molar-refractivity contribution in [2.45, 2.75) is 32.9 Å². The molecule has 1 amide bonds. The molecule has 2 aromatic rings. The van der Waals surface area contributed by atoms with Crippen LogP contribution in [0.1, 0.15) is 26.6 Å². The highest BCUT2D eigenvalue weighted by Crippen LogP contribution is 2.12. The summed E-state index contributed by atoms with van der Waals surface area (Å²) in [4.78, 5) is 23.0. The summed E-state index contributed by atoms with van der Waals surface area (Å²) in [6, 6.07) is 7.91. The summed E-state index contributed by atoms with van der Waals surface area (Å²) < 4.78 is 5.29. The quantitative estimate of drug-likeness (QED) is 0.940. The normalized spacial score (nSPS) is 11.9. The second-order valence-electron chi connectivity index (χ2n) is 6.51. The molecule has 0 saturated heterocycles. The summed E-state index contributed by atoms with van der Waals surface area (Å²) in [6.45, 7) is 6.15. The van der Waals surface area contributed by atoms with Crippen LogP contribution in [0.2, 0.25) is 0 Å². The van der Waals surface area contributed by atoms with Gasteiger partial charge in [-0.1, -0.05) is 12.1 Å². The Hall–Kier alpha value is -2.50. The number of carbonyl (C=O) groups is 1. The van der Waals surface area contributed by atoms with Gasteiger partial charge < -0.3 is 14.6 Å². The van der Waals surface area contributed by atoms with Crippen molar-refractivity contribution in [2.75, 3.05) is 14.1 Å². The number of fused-ring (bicyclic) bond motifs is 1. The monoisotopic (exact) mass is 316 g/mol. The van der Waals surface area contributed by atoms with E-state index in [0.717, 1.165) is 16.9 Å². The number of hydrogen-bond donors (Lipinski definition) is 1. The van der Waals surface area contributed by atoms with E-state index in [4.69, 9.17) is 4.74 Å². The molecular formula is C17H24N4O2. The van der Waals surface area contributed by atoms with Crippen LogP contribution in [-0.4, -0.2) is 45.6 Å². The van der Waals surface area contributed by atoms with Crippen LogP contribution in [0, 0.1) is 0 Å². The van der Waals surface area contributed by atoms with Crippen molar-refractivity contribution in [2.24, 2.45) is 0 Å². The number of benzene rings is 1. The number of nitrogens with one attached hydrogen (secondary N) is 1. The minimum atomic E-state index is -0.501. The molecule has 1 aromatic heterocycles. The zero-order valence-corrected chi connectivity index (χ0v) is 14.3. The highest BCUT2D eigenvalue weighted by Gasteiger charge is 2.18. The summed E-state index contributed by atoms with van der Waals surface area (Å²) in [6.07, 6.45) is 3.11. The van der Waals surface area contributed by atoms with E-state index < -0.39 is 5.60 Å². The Balaban J connectivity index is 1.93. The first-order valence-corrected chi connectivity index (χ1v) is 7.52. The van der Waals surface area contributed by atoms with Crippen molar-refractivity contribution in [3.8, 4) is 0 Å². The molecule has 6 nitrogen and oxygen atoms in total. The molecule has 23 heavy (non-hydrogen) atoms. The SMILES string of the molecule is CN(/C=C/N(C)C(=O)OC(C)(C)C)Cc1nc2ccccc2[nH]1. The fraction of sp³-hybridized carbons (Fsp3) is 0.412. The topological polar surface area (TPSA) is 61.5 Å². The Morgan fingerprint density at radius 2 is 1.96 bits per heavy atom. The minimum absolute atomic E-state index is 0.383. The Kier molecular flexibility index (Phi) is 4.93. The molecule has 1 aromatic carbocycles. The standard InChI is InChI=1S/C17H24N4O2/c1-17(2,3)23-16(22)21(5)11-10-20(4)12-15-18-13-8-6-7-9-14(13)19-15/h6-11H,12H2,1-5H3,(H,18,19)/b11-10+. The summed E-state index contributed by atoms with van der Waals surface area (Å²) in [5, 5.41) is 0. The zero-order chi connectivity index (χ0) is 17.0. The Morgan fingerprint density at radius 1 is 1.26 bits per heavy atom. The first kappa shape index (κ1) is 16.9. The maximum absolute atomic E-state index is 11.9. The number of carbonyl (C=O) groups excluding carboxylic acids is 1. The van der Waals surface area contributed by atoms with E-state index in [1.54, 1.807) is 13.2 Å². The van der Waals surface area contributed by atoms with E-state index in [-0.39, 0.29) is 6.09 Å². The smallest absolute Gasteiger partial charge is 0.414 e. The van der Waals surface area contributed by atoms with Crippen LogP contribution in [0.4, 0.5) is 4.79 Å². The number of aromatic amines is 1. The number of para-hydroxylation sites is 2. The number of ether oxygens (including phenoxy) is 1. The zero-order valence-electron chi connectivity index (χ0n) is 14.3. The van der Waals surface area contributed by atoms with Gasteiger partial charge in [-0.2, -0.15) is 0 Å². The average molecular weight is 316 g/mol. The van der Waals surface area contributed by atoms with Crippen LogP contribution in [0.5, 0.6) is 0 Å². The lowest BCUT2D eigenvalue weighted by molar-refractivity contribution is 0.0370. The average Bonchev–Trinajstić information content (AvgIpc) is 2.84. The molecule has 0 aliphatic carbocycles. The largest absolute Gasteiger partial charge is 0.443 e. The molecule has 124 valence electrons. The summed E-state index contributed by atoms with van der Waals surface area (Å²) in [5.74, 6) is 0.873. The fourth-order valence-electron chi connectivity index (χ4n) is 1.98. The summed E-state index contributed by atoms with van der Waals surface area (Å²) in [7, 11) is 3.59. The summed E-state index contributed by atoms with van der Waals surface area (Å²) in [5.41, 5.74) is 1.47. The molecule has 0 saturated carbocycles. The molecule has 0 spiro atoms. The molecule has 6 heteroatoms. The molecule has 0 aliphatic heterocycles. The second-order valence-corrected chi connectivity index (χ2v) is 6.51. The van der Waals surface area contributed by atoms with E-state index in [0.29, 0.717) is 6.54 Å². The second kappa shape index (κ2) is 6.73. The van der Waals surface area contributed by atoms with E-state index >= 15 is 0 Å². The van der Waals surface area contributed by atoms with E-state index in [2.05, 4.69) is 9.97 Å². The fourth-order valence-corrected chi connectivity index (χ4v) is 1.98. The number of hydrogen-bond acceptors (Lipinski definition) is 4. The van der Waals surface area contributed by atoms with Gasteiger partial charge in [0.15, 0.2) is 0 Å². The van der Waals surface area contributed by atoms with Gasteiger partial charge in [-0.3, -0.25) is 4.90 Å². The van der Waals surface area contributed by atoms with E-state index in [1.165, 1.54) is 4.90 Å². The maximum atomic E-state index is 11.9. The van der Waals surface area contributed by atoms with Crippen molar-refractivity contribution in [3.63, 3.8) is 0 Å². The van der Waals surface area contributed by atoms with Crippen LogP contribution in [0.15, 0.2) is 36.7 Å². The highest BCUT2D eigenvalue weighted by molar-refractivity contribution is 5.74. The molecule has 0 fully saturated rings. The van der Waals surface area contributed by atoms with Crippen molar-refractivity contribution in [1.29, 1.82) is 0 Å². The lowest BCUT2D eigenvalue weighted by Crippen LogP contribution is -2.31. The van der Waals surface area contributed by atoms with Crippen LogP contribution in [0.3, 0.4) is 0 Å². The van der Waals surface area contributed by atoms with Gasteiger partial charge in [0.25, 0.3) is 0 Å². The minimum Gasteiger partial charge on any atom is -0.443 e. The molecule has 0 radical (unpaired) electrons. The molecule has 1 N–H and O–H groups in total. The van der Waals surface area contributed by atoms with Gasteiger partial charge in [0.2, 0.25) is 0 Å². The Labute approximate surface area is 136 Å². The number of amides is 1. The predicted molar refractivity (Wildman–Crippen MR) is 90.7 cm³/mol. The van der Waals surface area contributed by atoms with E-state index in [9.17, 15) is 4.79 Å². The van der Waals surface area contributed by atoms with Crippen LogP contribution in [0.25, 0.3) is 11.0 Å². The van der Waals surface area contributed by atoms with Gasteiger partial charge in [0, 0.05) is 26.5 Å². The van der Waals surface area contributed by atoms with Crippen molar-refractivity contribution in [3.05, 3.63) is 42.5 Å². The third kappa shape index (κ3) is 5.02. The molecule has 0 bridgehead atoms. The van der Waals surface area contributed by atoms with Gasteiger partial charge in [-0.15, -0.1) is 0 Å². The first-order valence-electron chi connectivity index (χ1n) is 7.52. The first-order chi connectivity index (χ1) is 10.7. The van der Waals surface area contributed by atoms with E-state index in [1.807, 2.05) is 63.2 Å². The lowest BCUT2D eigenvalue weighted by Gasteiger charge is -2.23. The predicted octanol–water partition coefficient (Wildman–Crippen LogP) is 3.33. The van der Waals surface area contributed by atoms with Crippen LogP contribution < -0.4 is 0 Å². The number of H-pyrrole nitrogens is 1. The molecule has 2 rings (SSSR count). The molecule has 0 unspecified atom stereocenters. The number of rotatable bonds is 4. The molecule has 0 atom stereocenters. The Morgan fingerprint density at radius 3 is 2.61 bits per heavy atom. The molecule has 0 aliphatic rings. The number of aromatic nitrogens is 2. The van der Waals surface area contributed by atoms with Crippen LogP contribution in [-0.2, 0) is 11.3 Å².